The minimum absolute atomic E-state index is 0. The van der Waals surface area contributed by atoms with Crippen molar-refractivity contribution >= 4 is 0 Å². The van der Waals surface area contributed by atoms with Crippen molar-refractivity contribution in [2.75, 3.05) is 26.3 Å². The third kappa shape index (κ3) is 60.7. The number of nitrogens with one attached hydrogen (secondary N) is 2. The standard InChI is InChI=1S/2C2H6NO.Cu/c2*3-1-2-4;/h2*3-4H,1-2H2;/q2*-1;+2. The summed E-state index contributed by atoms with van der Waals surface area (Å²) in [5.74, 6) is 0. The summed E-state index contributed by atoms with van der Waals surface area (Å²) in [7, 11) is 0. The summed E-state index contributed by atoms with van der Waals surface area (Å²) in [6, 6.07) is 0. The molecule has 5 heteroatoms. The van der Waals surface area contributed by atoms with E-state index in [0.29, 0.717) is 0 Å². The Kier molecular flexibility index (Phi) is 42.8. The summed E-state index contributed by atoms with van der Waals surface area (Å²) in [5, 5.41) is 15.4. The molecule has 0 bridgehead atoms. The number of aliphatic hydroxyl groups is 2. The normalized spacial score (nSPS) is 6.67. The van der Waals surface area contributed by atoms with Gasteiger partial charge >= 0.3 is 17.1 Å². The van der Waals surface area contributed by atoms with Crippen LogP contribution in [0, 0.1) is 0 Å². The maximum Gasteiger partial charge on any atom is 2.00 e. The first-order valence-corrected chi connectivity index (χ1v) is 2.34. The zero-order chi connectivity index (χ0) is 6.83. The molecule has 0 amide bonds. The van der Waals surface area contributed by atoms with E-state index in [1.165, 1.54) is 0 Å². The van der Waals surface area contributed by atoms with Crippen LogP contribution in [0.5, 0.6) is 0 Å². The van der Waals surface area contributed by atoms with E-state index in [0.717, 1.165) is 0 Å². The molecule has 1 radical (unpaired) electrons. The molecule has 0 rings (SSSR count). The molecule has 0 saturated heterocycles. The third-order valence-electron chi connectivity index (χ3n) is 0.224. The van der Waals surface area contributed by atoms with E-state index >= 15 is 0 Å². The van der Waals surface area contributed by atoms with Crippen LogP contribution in [-0.4, -0.2) is 36.5 Å². The van der Waals surface area contributed by atoms with Crippen molar-refractivity contribution in [1.82, 2.24) is 0 Å². The van der Waals surface area contributed by atoms with Gasteiger partial charge in [-0.3, -0.25) is 0 Å². The smallest absolute Gasteiger partial charge is 0.676 e. The van der Waals surface area contributed by atoms with Gasteiger partial charge in [0.25, 0.3) is 0 Å². The summed E-state index contributed by atoms with van der Waals surface area (Å²) in [4.78, 5) is 0. The van der Waals surface area contributed by atoms with Gasteiger partial charge in [0.15, 0.2) is 0 Å². The molecule has 0 aromatic carbocycles. The van der Waals surface area contributed by atoms with Gasteiger partial charge in [0.1, 0.15) is 0 Å². The number of aliphatic hydroxyl groups excluding tert-OH is 2. The largest absolute Gasteiger partial charge is 2.00 e. The van der Waals surface area contributed by atoms with Crippen molar-refractivity contribution in [3.05, 3.63) is 11.5 Å². The monoisotopic (exact) mass is 183 g/mol. The molecule has 4 N–H and O–H groups in total. The van der Waals surface area contributed by atoms with Crippen molar-refractivity contribution in [3.63, 3.8) is 0 Å². The average Bonchev–Trinajstić information content (AvgIpc) is 1.88. The molecule has 4 nitrogen and oxygen atoms in total. The zero-order valence-electron chi connectivity index (χ0n) is 5.02. The molecule has 0 spiro atoms. The van der Waals surface area contributed by atoms with E-state index in [4.69, 9.17) is 21.7 Å². The van der Waals surface area contributed by atoms with Crippen molar-refractivity contribution in [3.8, 4) is 0 Å². The molecule has 61 valence electrons. The Morgan fingerprint density at radius 1 is 0.889 bits per heavy atom. The van der Waals surface area contributed by atoms with E-state index in [9.17, 15) is 0 Å². The van der Waals surface area contributed by atoms with E-state index < -0.39 is 0 Å². The molecule has 0 aliphatic carbocycles. The van der Waals surface area contributed by atoms with Crippen molar-refractivity contribution < 1.29 is 27.3 Å². The quantitative estimate of drug-likeness (QED) is 0.593. The molecule has 0 aromatic rings. The summed E-state index contributed by atoms with van der Waals surface area (Å²) in [5.41, 5.74) is 12.4. The minimum Gasteiger partial charge on any atom is -0.676 e. The predicted molar refractivity (Wildman–Crippen MR) is 32.5 cm³/mol. The van der Waals surface area contributed by atoms with E-state index in [1.54, 1.807) is 0 Å². The topological polar surface area (TPSA) is 88.1 Å². The Hall–Kier alpha value is 0.359. The Balaban J connectivity index is -0.0000000720. The predicted octanol–water partition coefficient (Wildman–Crippen LogP) is 0.0593. The fourth-order valence-corrected chi connectivity index (χ4v) is 0. The van der Waals surface area contributed by atoms with Crippen LogP contribution in [0.25, 0.3) is 11.5 Å². The van der Waals surface area contributed by atoms with Crippen LogP contribution in [0.3, 0.4) is 0 Å². The van der Waals surface area contributed by atoms with Crippen LogP contribution < -0.4 is 0 Å². The summed E-state index contributed by atoms with van der Waals surface area (Å²) in [6.45, 7) is 0.222. The van der Waals surface area contributed by atoms with Gasteiger partial charge in [-0.15, -0.1) is 13.1 Å². The summed E-state index contributed by atoms with van der Waals surface area (Å²) >= 11 is 0. The van der Waals surface area contributed by atoms with Crippen LogP contribution in [-0.2, 0) is 17.1 Å². The van der Waals surface area contributed by atoms with Gasteiger partial charge in [0.2, 0.25) is 0 Å². The number of hydrogen-bond acceptors (Lipinski definition) is 2. The molecule has 0 unspecified atom stereocenters. The Morgan fingerprint density at radius 2 is 1.00 bits per heavy atom. The molecule has 0 aliphatic heterocycles. The Morgan fingerprint density at radius 3 is 1.00 bits per heavy atom. The van der Waals surface area contributed by atoms with Crippen LogP contribution in [0.4, 0.5) is 0 Å². The molecule has 0 fully saturated rings. The van der Waals surface area contributed by atoms with Crippen LogP contribution in [0.2, 0.25) is 0 Å². The molecule has 0 saturated carbocycles. The fraction of sp³-hybridized carbons (Fsp3) is 1.00. The molecule has 9 heavy (non-hydrogen) atoms. The minimum atomic E-state index is -0.0139. The van der Waals surface area contributed by atoms with Gasteiger partial charge in [-0.05, 0) is 0 Å². The third-order valence-corrected chi connectivity index (χ3v) is 0.224. The Bertz CT molecular complexity index is 24.5. The zero-order valence-corrected chi connectivity index (χ0v) is 5.97. The molecular weight excluding hydrogens is 172 g/mol. The molecule has 0 aromatic heterocycles. The second-order valence-corrected chi connectivity index (χ2v) is 0.947. The summed E-state index contributed by atoms with van der Waals surface area (Å²) < 4.78 is 0. The van der Waals surface area contributed by atoms with E-state index in [1.807, 2.05) is 0 Å². The first-order valence-electron chi connectivity index (χ1n) is 2.34. The van der Waals surface area contributed by atoms with Crippen LogP contribution in [0.1, 0.15) is 0 Å². The van der Waals surface area contributed by atoms with E-state index in [2.05, 4.69) is 0 Å². The van der Waals surface area contributed by atoms with Crippen LogP contribution >= 0.6 is 0 Å². The van der Waals surface area contributed by atoms with Gasteiger partial charge in [-0.1, -0.05) is 0 Å². The first-order chi connectivity index (χ1) is 3.83. The van der Waals surface area contributed by atoms with Gasteiger partial charge in [-0.2, -0.15) is 0 Å². The van der Waals surface area contributed by atoms with Crippen LogP contribution in [0.15, 0.2) is 0 Å². The number of hydrogen-bond donors (Lipinski definition) is 2. The molecular formula is C4H12CuN2O2. The fourth-order valence-electron chi connectivity index (χ4n) is 0. The second-order valence-electron chi connectivity index (χ2n) is 0.947. The SMILES string of the molecule is [Cu+2].[NH-]CCO.[NH-]CCO. The molecule has 0 heterocycles. The second kappa shape index (κ2) is 23.8. The maximum absolute atomic E-state index is 7.69. The van der Waals surface area contributed by atoms with Crippen molar-refractivity contribution in [1.29, 1.82) is 0 Å². The van der Waals surface area contributed by atoms with Crippen molar-refractivity contribution in [2.45, 2.75) is 0 Å². The Labute approximate surface area is 65.7 Å². The summed E-state index contributed by atoms with van der Waals surface area (Å²) in [6.07, 6.45) is 0. The first kappa shape index (κ1) is 16.2. The van der Waals surface area contributed by atoms with E-state index in [-0.39, 0.29) is 43.4 Å². The average molecular weight is 184 g/mol. The van der Waals surface area contributed by atoms with Gasteiger partial charge < -0.3 is 21.7 Å². The van der Waals surface area contributed by atoms with Gasteiger partial charge in [-0.25, -0.2) is 0 Å². The van der Waals surface area contributed by atoms with Gasteiger partial charge in [0.05, 0.1) is 0 Å². The molecule has 0 aliphatic rings. The molecule has 0 atom stereocenters. The van der Waals surface area contributed by atoms with Crippen molar-refractivity contribution in [2.24, 2.45) is 0 Å². The maximum atomic E-state index is 7.69. The number of rotatable bonds is 2. The van der Waals surface area contributed by atoms with Gasteiger partial charge in [0, 0.05) is 13.2 Å².